The Morgan fingerprint density at radius 2 is 0.769 bits per heavy atom. The summed E-state index contributed by atoms with van der Waals surface area (Å²) in [5.41, 5.74) is 8.30. The molecule has 0 unspecified atom stereocenters. The standard InChI is InChI=1S/2C23H21.C3H6.2ClH.Zr/c2*1-2-3-8-17-15-19-11-7-14-22(23(19)16-17)21-13-6-10-18-9-4-5-12-20(18)21;1-3-2;;;/h2*4-7,9-16H,2-3,8H2,1H3;1-3H2;2*1H;/q2*-1;-2;;;+2/p-2. The number of hydrogen-bond acceptors (Lipinski definition) is 0. The van der Waals surface area contributed by atoms with Gasteiger partial charge in [-0.15, -0.1) is 69.1 Å². The van der Waals surface area contributed by atoms with E-state index in [-0.39, 0.29) is 51.0 Å². The molecule has 0 bridgehead atoms. The number of rotatable bonds is 8. The SMILES string of the molecule is CCCCc1cc2c(-c3cccc4ccccc34)cccc2[cH-]1.CCCCc1cc2c(-c3cccc4ccccc34)cccc2[cH-]1.[CH2-]C[CH2-].[Cl-].[Cl-].[Zr+2]. The summed E-state index contributed by atoms with van der Waals surface area (Å²) >= 11 is 0. The second kappa shape index (κ2) is 21.3. The van der Waals surface area contributed by atoms with E-state index in [0.29, 0.717) is 0 Å². The molecule has 52 heavy (non-hydrogen) atoms. The van der Waals surface area contributed by atoms with Crippen molar-refractivity contribution < 1.29 is 51.0 Å². The molecule has 3 heteroatoms. The van der Waals surface area contributed by atoms with Gasteiger partial charge in [-0.25, -0.2) is 0 Å². The van der Waals surface area contributed by atoms with Gasteiger partial charge in [0.2, 0.25) is 0 Å². The number of unbranched alkanes of at least 4 members (excludes halogenated alkanes) is 2. The molecule has 0 saturated carbocycles. The molecule has 8 aromatic rings. The Bertz CT molecular complexity index is 2100. The van der Waals surface area contributed by atoms with E-state index < -0.39 is 0 Å². The quantitative estimate of drug-likeness (QED) is 0.136. The van der Waals surface area contributed by atoms with E-state index in [1.165, 1.54) is 115 Å². The van der Waals surface area contributed by atoms with Crippen molar-refractivity contribution in [2.24, 2.45) is 0 Å². The van der Waals surface area contributed by atoms with Crippen molar-refractivity contribution in [3.63, 3.8) is 0 Å². The molecule has 0 radical (unpaired) electrons. The molecular weight excluding hydrogens is 751 g/mol. The third-order valence-corrected chi connectivity index (χ3v) is 9.42. The number of benzene rings is 6. The number of fused-ring (bicyclic) bond motifs is 4. The largest absolute Gasteiger partial charge is 2.00 e. The van der Waals surface area contributed by atoms with Gasteiger partial charge in [-0.1, -0.05) is 148 Å². The zero-order valence-electron chi connectivity index (χ0n) is 30.5. The summed E-state index contributed by atoms with van der Waals surface area (Å²) in [5.74, 6) is 0. The fraction of sp³-hybridized carbons (Fsp3) is 0.184. The van der Waals surface area contributed by atoms with Crippen molar-refractivity contribution in [3.8, 4) is 22.3 Å². The summed E-state index contributed by atoms with van der Waals surface area (Å²) in [6, 6.07) is 53.4. The molecule has 0 aliphatic rings. The normalized spacial score (nSPS) is 10.4. The molecule has 0 amide bonds. The van der Waals surface area contributed by atoms with Gasteiger partial charge < -0.3 is 45.1 Å². The van der Waals surface area contributed by atoms with Crippen molar-refractivity contribution in [2.75, 3.05) is 0 Å². The van der Waals surface area contributed by atoms with Crippen molar-refractivity contribution in [1.29, 1.82) is 0 Å². The van der Waals surface area contributed by atoms with Gasteiger partial charge in [0, 0.05) is 0 Å². The van der Waals surface area contributed by atoms with Crippen LogP contribution >= 0.6 is 0 Å². The zero-order valence-corrected chi connectivity index (χ0v) is 34.4. The Labute approximate surface area is 343 Å². The summed E-state index contributed by atoms with van der Waals surface area (Å²) < 4.78 is 0. The van der Waals surface area contributed by atoms with Crippen LogP contribution in [0.25, 0.3) is 65.3 Å². The van der Waals surface area contributed by atoms with Gasteiger partial charge in [-0.2, -0.15) is 12.1 Å². The van der Waals surface area contributed by atoms with Gasteiger partial charge in [0.05, 0.1) is 0 Å². The predicted octanol–water partition coefficient (Wildman–Crippen LogP) is 8.49. The second-order valence-corrected chi connectivity index (χ2v) is 13.0. The van der Waals surface area contributed by atoms with Crippen molar-refractivity contribution in [1.82, 2.24) is 0 Å². The summed E-state index contributed by atoms with van der Waals surface area (Å²) in [6.07, 6.45) is 8.13. The van der Waals surface area contributed by atoms with Crippen LogP contribution in [0.1, 0.15) is 57.1 Å². The Morgan fingerprint density at radius 3 is 1.15 bits per heavy atom. The average Bonchev–Trinajstić information content (AvgIpc) is 3.77. The smallest absolute Gasteiger partial charge is 1.00 e. The minimum absolute atomic E-state index is 0. The molecule has 0 aliphatic heterocycles. The van der Waals surface area contributed by atoms with E-state index in [9.17, 15) is 0 Å². The van der Waals surface area contributed by atoms with Gasteiger partial charge in [0.15, 0.2) is 0 Å². The molecule has 0 N–H and O–H groups in total. The molecule has 0 spiro atoms. The molecule has 0 aromatic heterocycles. The third-order valence-electron chi connectivity index (χ3n) is 9.42. The molecule has 0 atom stereocenters. The van der Waals surface area contributed by atoms with Crippen molar-refractivity contribution >= 4 is 43.1 Å². The summed E-state index contributed by atoms with van der Waals surface area (Å²) in [7, 11) is 0. The van der Waals surface area contributed by atoms with Crippen LogP contribution in [0.15, 0.2) is 146 Å². The first-order valence-corrected chi connectivity index (χ1v) is 18.1. The van der Waals surface area contributed by atoms with Gasteiger partial charge >= 0.3 is 26.2 Å². The summed E-state index contributed by atoms with van der Waals surface area (Å²) in [6.45, 7) is 11.3. The third kappa shape index (κ3) is 9.93. The fourth-order valence-electron chi connectivity index (χ4n) is 7.03. The van der Waals surface area contributed by atoms with Crippen LogP contribution in [-0.4, -0.2) is 0 Å². The van der Waals surface area contributed by atoms with E-state index in [4.69, 9.17) is 0 Å². The summed E-state index contributed by atoms with van der Waals surface area (Å²) in [5, 5.41) is 10.8. The van der Waals surface area contributed by atoms with E-state index in [1.807, 2.05) is 0 Å². The molecule has 266 valence electrons. The van der Waals surface area contributed by atoms with Gasteiger partial charge in [-0.05, 0) is 45.5 Å². The van der Waals surface area contributed by atoms with Crippen molar-refractivity contribution in [3.05, 3.63) is 171 Å². The molecule has 0 heterocycles. The fourth-order valence-corrected chi connectivity index (χ4v) is 7.03. The van der Waals surface area contributed by atoms with E-state index in [1.54, 1.807) is 0 Å². The Hall–Kier alpha value is -3.48. The minimum Gasteiger partial charge on any atom is -1.00 e. The van der Waals surface area contributed by atoms with Crippen molar-refractivity contribution in [2.45, 2.75) is 58.8 Å². The van der Waals surface area contributed by atoms with Gasteiger partial charge in [0.25, 0.3) is 0 Å². The number of hydrogen-bond donors (Lipinski definition) is 0. The van der Waals surface area contributed by atoms with Crippen LogP contribution < -0.4 is 24.8 Å². The minimum atomic E-state index is 0. The van der Waals surface area contributed by atoms with Gasteiger partial charge in [0.1, 0.15) is 0 Å². The first-order chi connectivity index (χ1) is 24.1. The molecule has 8 rings (SSSR count). The Morgan fingerprint density at radius 1 is 0.442 bits per heavy atom. The number of aryl methyl sites for hydroxylation is 2. The van der Waals surface area contributed by atoms with Crippen LogP contribution in [0.2, 0.25) is 0 Å². The maximum absolute atomic E-state index is 3.38. The molecule has 8 aromatic carbocycles. The van der Waals surface area contributed by atoms with Crippen LogP contribution in [0.5, 0.6) is 0 Å². The van der Waals surface area contributed by atoms with Crippen LogP contribution in [-0.2, 0) is 39.0 Å². The van der Waals surface area contributed by atoms with Crippen LogP contribution in [0, 0.1) is 13.8 Å². The Balaban J connectivity index is 0.000000248. The molecule has 0 fully saturated rings. The van der Waals surface area contributed by atoms with E-state index in [0.717, 1.165) is 6.42 Å². The maximum atomic E-state index is 3.38. The average molecular weight is 799 g/mol. The van der Waals surface area contributed by atoms with Gasteiger partial charge in [-0.3, -0.25) is 0 Å². The first kappa shape index (κ1) is 42.9. The molecule has 0 nitrogen and oxygen atoms in total. The first-order valence-electron chi connectivity index (χ1n) is 18.1. The van der Waals surface area contributed by atoms with E-state index >= 15 is 0 Å². The Kier molecular flexibility index (Phi) is 17.6. The predicted molar refractivity (Wildman–Crippen MR) is 218 cm³/mol. The molecule has 0 aliphatic carbocycles. The van der Waals surface area contributed by atoms with E-state index in [2.05, 4.69) is 173 Å². The van der Waals surface area contributed by atoms with Crippen LogP contribution in [0.4, 0.5) is 0 Å². The topological polar surface area (TPSA) is 0 Å². The zero-order chi connectivity index (χ0) is 34.0. The maximum Gasteiger partial charge on any atom is 2.00 e. The molecular formula is C49H48Cl2Zr-4. The number of halogens is 2. The summed E-state index contributed by atoms with van der Waals surface area (Å²) in [4.78, 5) is 0. The monoisotopic (exact) mass is 796 g/mol. The second-order valence-electron chi connectivity index (χ2n) is 13.0. The van der Waals surface area contributed by atoms with Crippen LogP contribution in [0.3, 0.4) is 0 Å². The molecule has 0 saturated heterocycles.